The number of carbonyl (C=O) groups is 2. The molecule has 6 nitrogen and oxygen atoms in total. The molecule has 2 aromatic carbocycles. The molecule has 0 heterocycles. The van der Waals surface area contributed by atoms with E-state index < -0.39 is 21.7 Å². The fourth-order valence-electron chi connectivity index (χ4n) is 2.76. The zero-order valence-electron chi connectivity index (χ0n) is 14.0. The summed E-state index contributed by atoms with van der Waals surface area (Å²) in [6, 6.07) is 14.5. The Kier molecular flexibility index (Phi) is 5.08. The number of benzene rings is 2. The summed E-state index contributed by atoms with van der Waals surface area (Å²) in [4.78, 5) is 25.0. The van der Waals surface area contributed by atoms with Crippen molar-refractivity contribution in [2.24, 2.45) is 0 Å². The number of sulfone groups is 1. The standard InChI is InChI=1S/C19H19NO5S/c21-18(22)12-20(16-9-10-16)19(23)15-7-4-8-17(11-15)26(24,25)13-14-5-2-1-3-6-14/h1-8,11,16H,9-10,12-13H2,(H,21,22). The molecule has 0 atom stereocenters. The summed E-state index contributed by atoms with van der Waals surface area (Å²) in [7, 11) is -3.61. The normalized spacial score (nSPS) is 14.0. The lowest BCUT2D eigenvalue weighted by Crippen LogP contribution is -2.37. The minimum atomic E-state index is -3.61. The molecule has 1 aliphatic carbocycles. The first-order valence-electron chi connectivity index (χ1n) is 8.26. The Morgan fingerprint density at radius 3 is 2.35 bits per heavy atom. The molecule has 0 aliphatic heterocycles. The molecule has 1 aliphatic rings. The highest BCUT2D eigenvalue weighted by molar-refractivity contribution is 7.90. The molecule has 0 saturated heterocycles. The van der Waals surface area contributed by atoms with Gasteiger partial charge in [-0.2, -0.15) is 0 Å². The number of nitrogens with zero attached hydrogens (tertiary/aromatic N) is 1. The molecule has 0 unspecified atom stereocenters. The van der Waals surface area contributed by atoms with Gasteiger partial charge in [-0.15, -0.1) is 0 Å². The van der Waals surface area contributed by atoms with E-state index in [0.29, 0.717) is 5.56 Å². The highest BCUT2D eigenvalue weighted by atomic mass is 32.2. The predicted molar refractivity (Wildman–Crippen MR) is 95.5 cm³/mol. The van der Waals surface area contributed by atoms with E-state index >= 15 is 0 Å². The van der Waals surface area contributed by atoms with Crippen molar-refractivity contribution in [2.75, 3.05) is 6.54 Å². The minimum Gasteiger partial charge on any atom is -0.480 e. The number of carboxylic acids is 1. The van der Waals surface area contributed by atoms with Crippen LogP contribution in [0.15, 0.2) is 59.5 Å². The largest absolute Gasteiger partial charge is 0.480 e. The molecule has 7 heteroatoms. The molecule has 1 fully saturated rings. The Morgan fingerprint density at radius 1 is 1.04 bits per heavy atom. The maximum absolute atomic E-state index is 12.7. The van der Waals surface area contributed by atoms with Gasteiger partial charge >= 0.3 is 5.97 Å². The third kappa shape index (κ3) is 4.29. The summed E-state index contributed by atoms with van der Waals surface area (Å²) in [5, 5.41) is 9.01. The van der Waals surface area contributed by atoms with E-state index in [1.807, 2.05) is 6.07 Å². The van der Waals surface area contributed by atoms with Crippen molar-refractivity contribution in [3.63, 3.8) is 0 Å². The number of hydrogen-bond acceptors (Lipinski definition) is 4. The van der Waals surface area contributed by atoms with Gasteiger partial charge in [0.1, 0.15) is 6.54 Å². The van der Waals surface area contributed by atoms with Crippen molar-refractivity contribution < 1.29 is 23.1 Å². The Bertz CT molecular complexity index is 920. The number of aliphatic carboxylic acids is 1. The fourth-order valence-corrected chi connectivity index (χ4v) is 4.15. The Morgan fingerprint density at radius 2 is 1.73 bits per heavy atom. The molecule has 1 N–H and O–H groups in total. The minimum absolute atomic E-state index is 0.0540. The van der Waals surface area contributed by atoms with Crippen LogP contribution in [0.3, 0.4) is 0 Å². The van der Waals surface area contributed by atoms with Crippen LogP contribution in [0.5, 0.6) is 0 Å². The molecule has 136 valence electrons. The third-order valence-corrected chi connectivity index (χ3v) is 5.88. The molecule has 26 heavy (non-hydrogen) atoms. The van der Waals surface area contributed by atoms with Crippen LogP contribution in [-0.2, 0) is 20.4 Å². The van der Waals surface area contributed by atoms with Crippen molar-refractivity contribution in [2.45, 2.75) is 29.5 Å². The second kappa shape index (κ2) is 7.29. The van der Waals surface area contributed by atoms with Crippen LogP contribution in [0.25, 0.3) is 0 Å². The lowest BCUT2D eigenvalue weighted by atomic mass is 10.2. The second-order valence-corrected chi connectivity index (χ2v) is 8.32. The first-order valence-corrected chi connectivity index (χ1v) is 9.91. The number of amides is 1. The van der Waals surface area contributed by atoms with Crippen molar-refractivity contribution in [1.29, 1.82) is 0 Å². The van der Waals surface area contributed by atoms with Crippen LogP contribution in [0.2, 0.25) is 0 Å². The van der Waals surface area contributed by atoms with Gasteiger partial charge < -0.3 is 10.0 Å². The van der Waals surface area contributed by atoms with E-state index in [4.69, 9.17) is 5.11 Å². The molecule has 0 spiro atoms. The van der Waals surface area contributed by atoms with Gasteiger partial charge in [0.25, 0.3) is 5.91 Å². The van der Waals surface area contributed by atoms with Crippen molar-refractivity contribution >= 4 is 21.7 Å². The maximum atomic E-state index is 12.7. The van der Waals surface area contributed by atoms with E-state index in [1.165, 1.54) is 29.2 Å². The second-order valence-electron chi connectivity index (χ2n) is 6.33. The SMILES string of the molecule is O=C(O)CN(C(=O)c1cccc(S(=O)(=O)Cc2ccccc2)c1)C1CC1. The number of rotatable bonds is 7. The summed E-state index contributed by atoms with van der Waals surface area (Å²) in [6.07, 6.45) is 1.54. The maximum Gasteiger partial charge on any atom is 0.323 e. The first kappa shape index (κ1) is 18.1. The highest BCUT2D eigenvalue weighted by Crippen LogP contribution is 2.28. The molecule has 1 saturated carbocycles. The molecule has 0 bridgehead atoms. The van der Waals surface area contributed by atoms with E-state index in [-0.39, 0.29) is 28.8 Å². The van der Waals surface area contributed by atoms with E-state index in [1.54, 1.807) is 24.3 Å². The van der Waals surface area contributed by atoms with Gasteiger partial charge in [-0.05, 0) is 36.6 Å². The van der Waals surface area contributed by atoms with Gasteiger partial charge in [0.2, 0.25) is 0 Å². The van der Waals surface area contributed by atoms with Gasteiger partial charge in [0.15, 0.2) is 9.84 Å². The number of carbonyl (C=O) groups excluding carboxylic acids is 1. The van der Waals surface area contributed by atoms with Crippen LogP contribution in [0.1, 0.15) is 28.8 Å². The average Bonchev–Trinajstić information content (AvgIpc) is 3.44. The van der Waals surface area contributed by atoms with Crippen molar-refractivity contribution in [3.05, 3.63) is 65.7 Å². The zero-order chi connectivity index (χ0) is 18.7. The van der Waals surface area contributed by atoms with Gasteiger partial charge in [-0.25, -0.2) is 8.42 Å². The lowest BCUT2D eigenvalue weighted by Gasteiger charge is -2.20. The Hall–Kier alpha value is -2.67. The van der Waals surface area contributed by atoms with Gasteiger partial charge in [-0.3, -0.25) is 9.59 Å². The monoisotopic (exact) mass is 373 g/mol. The highest BCUT2D eigenvalue weighted by Gasteiger charge is 2.34. The molecule has 2 aromatic rings. The predicted octanol–water partition coefficient (Wildman–Crippen LogP) is 2.35. The smallest absolute Gasteiger partial charge is 0.323 e. The van der Waals surface area contributed by atoms with Crippen LogP contribution in [0.4, 0.5) is 0 Å². The molecule has 3 rings (SSSR count). The van der Waals surface area contributed by atoms with Crippen molar-refractivity contribution in [1.82, 2.24) is 4.90 Å². The molecule has 0 aromatic heterocycles. The van der Waals surface area contributed by atoms with Gasteiger partial charge in [-0.1, -0.05) is 36.4 Å². The van der Waals surface area contributed by atoms with E-state index in [0.717, 1.165) is 12.8 Å². The summed E-state index contributed by atoms with van der Waals surface area (Å²) < 4.78 is 25.3. The lowest BCUT2D eigenvalue weighted by molar-refractivity contribution is -0.137. The summed E-state index contributed by atoms with van der Waals surface area (Å²) in [6.45, 7) is -0.384. The Balaban J connectivity index is 1.85. The first-order chi connectivity index (χ1) is 12.4. The fraction of sp³-hybridized carbons (Fsp3) is 0.263. The summed E-state index contributed by atoms with van der Waals surface area (Å²) in [5.41, 5.74) is 0.849. The third-order valence-electron chi connectivity index (χ3n) is 4.19. The summed E-state index contributed by atoms with van der Waals surface area (Å²) in [5.74, 6) is -1.70. The van der Waals surface area contributed by atoms with E-state index in [2.05, 4.69) is 0 Å². The van der Waals surface area contributed by atoms with E-state index in [9.17, 15) is 18.0 Å². The van der Waals surface area contributed by atoms with Gasteiger partial charge in [0.05, 0.1) is 10.6 Å². The summed E-state index contributed by atoms with van der Waals surface area (Å²) >= 11 is 0. The van der Waals surface area contributed by atoms with Crippen LogP contribution in [0, 0.1) is 0 Å². The van der Waals surface area contributed by atoms with Crippen LogP contribution < -0.4 is 0 Å². The average molecular weight is 373 g/mol. The van der Waals surface area contributed by atoms with Gasteiger partial charge in [0, 0.05) is 11.6 Å². The number of hydrogen-bond donors (Lipinski definition) is 1. The van der Waals surface area contributed by atoms with Crippen LogP contribution >= 0.6 is 0 Å². The molecular weight excluding hydrogens is 354 g/mol. The zero-order valence-corrected chi connectivity index (χ0v) is 14.9. The number of carboxylic acid groups (broad SMARTS) is 1. The van der Waals surface area contributed by atoms with Crippen LogP contribution in [-0.4, -0.2) is 42.9 Å². The topological polar surface area (TPSA) is 91.8 Å². The van der Waals surface area contributed by atoms with Crippen molar-refractivity contribution in [3.8, 4) is 0 Å². The molecule has 1 amide bonds. The quantitative estimate of drug-likeness (QED) is 0.804. The molecule has 0 radical (unpaired) electrons. The Labute approximate surface area is 152 Å². The molecular formula is C19H19NO5S.